The van der Waals surface area contributed by atoms with E-state index in [1.165, 1.54) is 23.1 Å². The van der Waals surface area contributed by atoms with E-state index in [0.29, 0.717) is 21.5 Å². The molecule has 0 aliphatic heterocycles. The first kappa shape index (κ1) is 18.4. The third kappa shape index (κ3) is 5.05. The molecule has 1 aromatic heterocycles. The van der Waals surface area contributed by atoms with Gasteiger partial charge in [-0.05, 0) is 29.3 Å². The molecule has 0 bridgehead atoms. The van der Waals surface area contributed by atoms with E-state index >= 15 is 0 Å². The predicted octanol–water partition coefficient (Wildman–Crippen LogP) is 4.54. The maximum Gasteiger partial charge on any atom is 0.230 e. The van der Waals surface area contributed by atoms with Crippen molar-refractivity contribution in [2.45, 2.75) is 16.5 Å². The van der Waals surface area contributed by atoms with Crippen LogP contribution in [-0.4, -0.2) is 16.1 Å². The fourth-order valence-electron chi connectivity index (χ4n) is 2.12. The Bertz CT molecular complexity index is 950. The summed E-state index contributed by atoms with van der Waals surface area (Å²) < 4.78 is 0.766. The summed E-state index contributed by atoms with van der Waals surface area (Å²) in [6.07, 6.45) is 0.187. The molecule has 5 nitrogen and oxygen atoms in total. The lowest BCUT2D eigenvalue weighted by atomic mass is 10.1. The van der Waals surface area contributed by atoms with E-state index in [1.807, 2.05) is 30.3 Å². The fraction of sp³-hybridized carbons (Fsp3) is 0.111. The molecule has 0 unspecified atom stereocenters. The van der Waals surface area contributed by atoms with Gasteiger partial charge in [0.25, 0.3) is 0 Å². The first-order valence-electron chi connectivity index (χ1n) is 7.62. The lowest BCUT2D eigenvalue weighted by Crippen LogP contribution is -2.14. The molecular weight excluding hydrogens is 388 g/mol. The van der Waals surface area contributed by atoms with E-state index in [9.17, 15) is 4.79 Å². The molecule has 0 radical (unpaired) electrons. The minimum absolute atomic E-state index is 0.183. The molecular formula is C18H13ClN4OS2. The van der Waals surface area contributed by atoms with Crippen LogP contribution < -0.4 is 5.32 Å². The van der Waals surface area contributed by atoms with Crippen molar-refractivity contribution in [2.75, 3.05) is 5.32 Å². The number of hydrogen-bond acceptors (Lipinski definition) is 6. The fourth-order valence-corrected chi connectivity index (χ4v) is 4.04. The van der Waals surface area contributed by atoms with Crippen molar-refractivity contribution in [1.82, 2.24) is 10.2 Å². The topological polar surface area (TPSA) is 78.7 Å². The normalized spacial score (nSPS) is 10.3. The molecule has 0 aliphatic carbocycles. The number of anilines is 1. The zero-order chi connectivity index (χ0) is 18.4. The van der Waals surface area contributed by atoms with Gasteiger partial charge in [-0.15, -0.1) is 10.2 Å². The van der Waals surface area contributed by atoms with Gasteiger partial charge in [-0.2, -0.15) is 5.26 Å². The van der Waals surface area contributed by atoms with Crippen LogP contribution in [0.3, 0.4) is 0 Å². The van der Waals surface area contributed by atoms with Crippen molar-refractivity contribution in [3.05, 3.63) is 70.2 Å². The van der Waals surface area contributed by atoms with Gasteiger partial charge in [-0.1, -0.05) is 65.0 Å². The van der Waals surface area contributed by atoms with Gasteiger partial charge in [-0.3, -0.25) is 4.79 Å². The summed E-state index contributed by atoms with van der Waals surface area (Å²) in [5.74, 6) is 0.534. The van der Waals surface area contributed by atoms with Crippen molar-refractivity contribution < 1.29 is 4.79 Å². The summed E-state index contributed by atoms with van der Waals surface area (Å²) >= 11 is 8.92. The molecule has 0 saturated heterocycles. The Kier molecular flexibility index (Phi) is 6.23. The maximum absolute atomic E-state index is 12.1. The van der Waals surface area contributed by atoms with Gasteiger partial charge in [0, 0.05) is 10.8 Å². The first-order chi connectivity index (χ1) is 12.6. The first-order valence-corrected chi connectivity index (χ1v) is 9.80. The van der Waals surface area contributed by atoms with Crippen molar-refractivity contribution in [1.29, 1.82) is 5.26 Å². The minimum Gasteiger partial charge on any atom is -0.300 e. The van der Waals surface area contributed by atoms with Crippen LogP contribution in [0.4, 0.5) is 5.13 Å². The average Bonchev–Trinajstić information content (AvgIpc) is 3.09. The number of nitriles is 1. The number of rotatable bonds is 6. The number of nitrogens with zero attached hydrogens (tertiary/aromatic N) is 3. The van der Waals surface area contributed by atoms with Crippen LogP contribution in [0.2, 0.25) is 5.02 Å². The number of halogens is 1. The van der Waals surface area contributed by atoms with Crippen LogP contribution >= 0.6 is 34.7 Å². The second-order valence-electron chi connectivity index (χ2n) is 5.29. The second-order valence-corrected chi connectivity index (χ2v) is 7.89. The average molecular weight is 401 g/mol. The Morgan fingerprint density at radius 1 is 1.19 bits per heavy atom. The van der Waals surface area contributed by atoms with E-state index in [1.54, 1.807) is 18.2 Å². The lowest BCUT2D eigenvalue weighted by molar-refractivity contribution is -0.115. The van der Waals surface area contributed by atoms with Crippen LogP contribution in [0.25, 0.3) is 0 Å². The highest BCUT2D eigenvalue weighted by molar-refractivity contribution is 8.00. The molecule has 0 aliphatic rings. The smallest absolute Gasteiger partial charge is 0.230 e. The number of benzene rings is 2. The molecule has 3 aromatic rings. The summed E-state index contributed by atoms with van der Waals surface area (Å²) in [4.78, 5) is 12.1. The lowest BCUT2D eigenvalue weighted by Gasteiger charge is -2.03. The molecule has 1 N–H and O–H groups in total. The van der Waals surface area contributed by atoms with Gasteiger partial charge in [0.1, 0.15) is 0 Å². The summed E-state index contributed by atoms with van der Waals surface area (Å²) in [6, 6.07) is 16.7. The molecule has 0 spiro atoms. The van der Waals surface area contributed by atoms with E-state index in [-0.39, 0.29) is 12.3 Å². The molecule has 1 heterocycles. The number of nitrogens with one attached hydrogen (secondary N) is 1. The number of hydrogen-bond donors (Lipinski definition) is 1. The summed E-state index contributed by atoms with van der Waals surface area (Å²) in [5.41, 5.74) is 2.50. The number of amides is 1. The molecule has 26 heavy (non-hydrogen) atoms. The maximum atomic E-state index is 12.1. The van der Waals surface area contributed by atoms with Crippen molar-refractivity contribution in [2.24, 2.45) is 0 Å². The van der Waals surface area contributed by atoms with Gasteiger partial charge in [-0.25, -0.2) is 0 Å². The zero-order valence-electron chi connectivity index (χ0n) is 13.5. The van der Waals surface area contributed by atoms with Crippen LogP contribution in [0.5, 0.6) is 0 Å². The Balaban J connectivity index is 1.53. The zero-order valence-corrected chi connectivity index (χ0v) is 15.9. The highest BCUT2D eigenvalue weighted by Crippen LogP contribution is 2.28. The highest BCUT2D eigenvalue weighted by Gasteiger charge is 2.11. The summed E-state index contributed by atoms with van der Waals surface area (Å²) in [5, 5.41) is 20.7. The van der Waals surface area contributed by atoms with Crippen LogP contribution in [-0.2, 0) is 17.0 Å². The monoisotopic (exact) mass is 400 g/mol. The molecule has 0 atom stereocenters. The largest absolute Gasteiger partial charge is 0.300 e. The van der Waals surface area contributed by atoms with Crippen LogP contribution in [0.15, 0.2) is 52.9 Å². The number of carbonyl (C=O) groups is 1. The van der Waals surface area contributed by atoms with E-state index in [0.717, 1.165) is 15.5 Å². The van der Waals surface area contributed by atoms with Crippen molar-refractivity contribution >= 4 is 45.7 Å². The molecule has 130 valence electrons. The van der Waals surface area contributed by atoms with Crippen LogP contribution in [0, 0.1) is 11.3 Å². The number of carbonyl (C=O) groups excluding carboxylic acids is 1. The Morgan fingerprint density at radius 3 is 2.69 bits per heavy atom. The molecule has 0 fully saturated rings. The van der Waals surface area contributed by atoms with E-state index in [2.05, 4.69) is 21.6 Å². The third-order valence-electron chi connectivity index (χ3n) is 3.41. The third-order valence-corrected chi connectivity index (χ3v) is 5.82. The molecule has 1 amide bonds. The van der Waals surface area contributed by atoms with Crippen molar-refractivity contribution in [3.63, 3.8) is 0 Å². The van der Waals surface area contributed by atoms with E-state index < -0.39 is 0 Å². The Hall–Kier alpha value is -2.40. The SMILES string of the molecule is N#Cc1ccc(CSc2nnc(NC(=O)Cc3ccccc3Cl)s2)cc1. The van der Waals surface area contributed by atoms with Gasteiger partial charge in [0.05, 0.1) is 18.1 Å². The second kappa shape index (κ2) is 8.81. The molecule has 8 heteroatoms. The summed E-state index contributed by atoms with van der Waals surface area (Å²) in [6.45, 7) is 0. The molecule has 3 rings (SSSR count). The minimum atomic E-state index is -0.183. The van der Waals surface area contributed by atoms with Gasteiger partial charge >= 0.3 is 0 Å². The highest BCUT2D eigenvalue weighted by atomic mass is 35.5. The van der Waals surface area contributed by atoms with Crippen molar-refractivity contribution in [3.8, 4) is 6.07 Å². The van der Waals surface area contributed by atoms with Gasteiger partial charge < -0.3 is 5.32 Å². The Labute approximate surface area is 164 Å². The van der Waals surface area contributed by atoms with Crippen LogP contribution in [0.1, 0.15) is 16.7 Å². The van der Waals surface area contributed by atoms with E-state index in [4.69, 9.17) is 16.9 Å². The number of aromatic nitrogens is 2. The van der Waals surface area contributed by atoms with Gasteiger partial charge in [0.2, 0.25) is 11.0 Å². The Morgan fingerprint density at radius 2 is 1.96 bits per heavy atom. The molecule has 0 saturated carbocycles. The summed E-state index contributed by atoms with van der Waals surface area (Å²) in [7, 11) is 0. The number of thioether (sulfide) groups is 1. The predicted molar refractivity (Wildman–Crippen MR) is 104 cm³/mol. The standard InChI is InChI=1S/C18H13ClN4OS2/c19-15-4-2-1-3-14(15)9-16(24)21-17-22-23-18(26-17)25-11-13-7-5-12(10-20)6-8-13/h1-8H,9,11H2,(H,21,22,24). The van der Waals surface area contributed by atoms with Gasteiger partial charge in [0.15, 0.2) is 4.34 Å². The molecule has 2 aromatic carbocycles. The quantitative estimate of drug-likeness (QED) is 0.485.